The van der Waals surface area contributed by atoms with E-state index in [1.807, 2.05) is 49.4 Å². The molecule has 0 radical (unpaired) electrons. The molecule has 5 heteroatoms. The third-order valence-corrected chi connectivity index (χ3v) is 3.77. The van der Waals surface area contributed by atoms with Crippen LogP contribution in [0.25, 0.3) is 0 Å². The van der Waals surface area contributed by atoms with Crippen molar-refractivity contribution in [2.75, 3.05) is 17.2 Å². The number of carbonyl (C=O) groups excluding carboxylic acids is 1. The summed E-state index contributed by atoms with van der Waals surface area (Å²) in [6.07, 6.45) is 1.66. The van der Waals surface area contributed by atoms with Crippen molar-refractivity contribution in [1.29, 1.82) is 0 Å². The SMILES string of the molecule is CCOc1ccccc1NC(=O)c1ccc(NCc2ccccc2)cn1. The Bertz CT molecular complexity index is 849. The molecule has 0 unspecified atom stereocenters. The van der Waals surface area contributed by atoms with E-state index < -0.39 is 0 Å². The topological polar surface area (TPSA) is 63.2 Å². The standard InChI is InChI=1S/C21H21N3O2/c1-2-26-20-11-7-6-10-18(20)24-21(25)19-13-12-17(15-23-19)22-14-16-8-4-3-5-9-16/h3-13,15,22H,2,14H2,1H3,(H,24,25). The van der Waals surface area contributed by atoms with Crippen LogP contribution < -0.4 is 15.4 Å². The van der Waals surface area contributed by atoms with Crippen molar-refractivity contribution in [1.82, 2.24) is 4.98 Å². The smallest absolute Gasteiger partial charge is 0.274 e. The van der Waals surface area contributed by atoms with Crippen LogP contribution in [0, 0.1) is 0 Å². The minimum Gasteiger partial charge on any atom is -0.492 e. The Hall–Kier alpha value is -3.34. The molecule has 0 fully saturated rings. The molecule has 5 nitrogen and oxygen atoms in total. The lowest BCUT2D eigenvalue weighted by Crippen LogP contribution is -2.14. The number of para-hydroxylation sites is 2. The van der Waals surface area contributed by atoms with Gasteiger partial charge in [-0.1, -0.05) is 42.5 Å². The fraction of sp³-hybridized carbons (Fsp3) is 0.143. The zero-order valence-corrected chi connectivity index (χ0v) is 14.6. The number of benzene rings is 2. The maximum atomic E-state index is 12.4. The lowest BCUT2D eigenvalue weighted by atomic mass is 10.2. The van der Waals surface area contributed by atoms with Crippen LogP contribution in [-0.4, -0.2) is 17.5 Å². The fourth-order valence-corrected chi connectivity index (χ4v) is 2.47. The van der Waals surface area contributed by atoms with Gasteiger partial charge in [-0.15, -0.1) is 0 Å². The van der Waals surface area contributed by atoms with Gasteiger partial charge in [-0.2, -0.15) is 0 Å². The Kier molecular flexibility index (Phi) is 5.83. The van der Waals surface area contributed by atoms with Crippen LogP contribution >= 0.6 is 0 Å². The zero-order chi connectivity index (χ0) is 18.2. The molecular formula is C21H21N3O2. The van der Waals surface area contributed by atoms with Gasteiger partial charge < -0.3 is 15.4 Å². The molecule has 0 saturated heterocycles. The first-order chi connectivity index (χ1) is 12.8. The second-order valence-electron chi connectivity index (χ2n) is 5.65. The molecule has 3 aromatic rings. The van der Waals surface area contributed by atoms with Crippen molar-refractivity contribution >= 4 is 17.3 Å². The van der Waals surface area contributed by atoms with Crippen LogP contribution in [0.2, 0.25) is 0 Å². The molecule has 0 bridgehead atoms. The van der Waals surface area contributed by atoms with Crippen LogP contribution in [0.3, 0.4) is 0 Å². The first-order valence-electron chi connectivity index (χ1n) is 8.53. The molecule has 1 aromatic heterocycles. The van der Waals surface area contributed by atoms with Gasteiger partial charge in [0.05, 0.1) is 24.2 Å². The van der Waals surface area contributed by atoms with Gasteiger partial charge in [-0.25, -0.2) is 4.98 Å². The highest BCUT2D eigenvalue weighted by Crippen LogP contribution is 2.24. The fourth-order valence-electron chi connectivity index (χ4n) is 2.47. The lowest BCUT2D eigenvalue weighted by molar-refractivity contribution is 0.102. The van der Waals surface area contributed by atoms with Gasteiger partial charge in [0.2, 0.25) is 0 Å². The normalized spacial score (nSPS) is 10.2. The molecule has 3 rings (SSSR count). The van der Waals surface area contributed by atoms with E-state index in [0.717, 1.165) is 5.69 Å². The summed E-state index contributed by atoms with van der Waals surface area (Å²) in [5.74, 6) is 0.372. The number of amides is 1. The number of carbonyl (C=O) groups is 1. The summed E-state index contributed by atoms with van der Waals surface area (Å²) in [5.41, 5.74) is 3.02. The van der Waals surface area contributed by atoms with E-state index in [0.29, 0.717) is 30.3 Å². The Morgan fingerprint density at radius 3 is 2.50 bits per heavy atom. The Morgan fingerprint density at radius 1 is 1.00 bits per heavy atom. The van der Waals surface area contributed by atoms with Gasteiger partial charge in [0.15, 0.2) is 0 Å². The number of nitrogens with zero attached hydrogens (tertiary/aromatic N) is 1. The Morgan fingerprint density at radius 2 is 1.77 bits per heavy atom. The van der Waals surface area contributed by atoms with Gasteiger partial charge in [-0.05, 0) is 36.8 Å². The molecule has 1 heterocycles. The number of hydrogen-bond donors (Lipinski definition) is 2. The molecule has 132 valence electrons. The molecule has 2 N–H and O–H groups in total. The van der Waals surface area contributed by atoms with Gasteiger partial charge >= 0.3 is 0 Å². The van der Waals surface area contributed by atoms with Crippen molar-refractivity contribution < 1.29 is 9.53 Å². The first kappa shape index (κ1) is 17.5. The third kappa shape index (κ3) is 4.60. The minimum absolute atomic E-state index is 0.272. The number of ether oxygens (including phenoxy) is 1. The molecular weight excluding hydrogens is 326 g/mol. The number of pyridine rings is 1. The van der Waals surface area contributed by atoms with Crippen molar-refractivity contribution in [2.24, 2.45) is 0 Å². The number of hydrogen-bond acceptors (Lipinski definition) is 4. The summed E-state index contributed by atoms with van der Waals surface area (Å²) in [6, 6.07) is 21.0. The van der Waals surface area contributed by atoms with Crippen molar-refractivity contribution in [3.8, 4) is 5.75 Å². The maximum Gasteiger partial charge on any atom is 0.274 e. The highest BCUT2D eigenvalue weighted by molar-refractivity contribution is 6.03. The molecule has 2 aromatic carbocycles. The van der Waals surface area contributed by atoms with E-state index in [-0.39, 0.29) is 5.91 Å². The van der Waals surface area contributed by atoms with Crippen LogP contribution in [0.4, 0.5) is 11.4 Å². The van der Waals surface area contributed by atoms with E-state index in [1.54, 1.807) is 18.3 Å². The Balaban J connectivity index is 1.62. The van der Waals surface area contributed by atoms with Gasteiger partial charge in [0.1, 0.15) is 11.4 Å². The quantitative estimate of drug-likeness (QED) is 0.667. The third-order valence-electron chi connectivity index (χ3n) is 3.77. The monoisotopic (exact) mass is 347 g/mol. The van der Waals surface area contributed by atoms with Crippen LogP contribution in [0.1, 0.15) is 23.0 Å². The molecule has 0 aliphatic carbocycles. The van der Waals surface area contributed by atoms with E-state index in [4.69, 9.17) is 4.74 Å². The van der Waals surface area contributed by atoms with Crippen molar-refractivity contribution in [3.63, 3.8) is 0 Å². The summed E-state index contributed by atoms with van der Waals surface area (Å²) in [5, 5.41) is 6.13. The largest absolute Gasteiger partial charge is 0.492 e. The van der Waals surface area contributed by atoms with Crippen LogP contribution in [-0.2, 0) is 6.54 Å². The Labute approximate surface area is 153 Å². The van der Waals surface area contributed by atoms with Crippen molar-refractivity contribution in [2.45, 2.75) is 13.5 Å². The summed E-state index contributed by atoms with van der Waals surface area (Å²) < 4.78 is 5.52. The van der Waals surface area contributed by atoms with Gasteiger partial charge in [0, 0.05) is 6.54 Å². The highest BCUT2D eigenvalue weighted by atomic mass is 16.5. The summed E-state index contributed by atoms with van der Waals surface area (Å²) in [4.78, 5) is 16.7. The predicted octanol–water partition coefficient (Wildman–Crippen LogP) is 4.34. The second-order valence-corrected chi connectivity index (χ2v) is 5.65. The van der Waals surface area contributed by atoms with Gasteiger partial charge in [-0.3, -0.25) is 4.79 Å². The number of rotatable bonds is 7. The van der Waals surface area contributed by atoms with E-state index >= 15 is 0 Å². The molecule has 0 spiro atoms. The van der Waals surface area contributed by atoms with E-state index in [2.05, 4.69) is 27.8 Å². The number of anilines is 2. The molecule has 0 aliphatic heterocycles. The molecule has 26 heavy (non-hydrogen) atoms. The predicted molar refractivity (Wildman–Crippen MR) is 104 cm³/mol. The van der Waals surface area contributed by atoms with E-state index in [1.165, 1.54) is 5.56 Å². The van der Waals surface area contributed by atoms with Crippen molar-refractivity contribution in [3.05, 3.63) is 84.2 Å². The van der Waals surface area contributed by atoms with Gasteiger partial charge in [0.25, 0.3) is 5.91 Å². The number of nitrogens with one attached hydrogen (secondary N) is 2. The second kappa shape index (κ2) is 8.67. The summed E-state index contributed by atoms with van der Waals surface area (Å²) in [7, 11) is 0. The van der Waals surface area contributed by atoms with Crippen LogP contribution in [0.15, 0.2) is 72.9 Å². The summed E-state index contributed by atoms with van der Waals surface area (Å²) in [6.45, 7) is 3.14. The average molecular weight is 347 g/mol. The van der Waals surface area contributed by atoms with E-state index in [9.17, 15) is 4.79 Å². The molecule has 0 atom stereocenters. The minimum atomic E-state index is -0.272. The lowest BCUT2D eigenvalue weighted by Gasteiger charge is -2.11. The molecule has 1 amide bonds. The summed E-state index contributed by atoms with van der Waals surface area (Å²) >= 11 is 0. The van der Waals surface area contributed by atoms with Crippen LogP contribution in [0.5, 0.6) is 5.75 Å². The maximum absolute atomic E-state index is 12.4. The number of aromatic nitrogens is 1. The zero-order valence-electron chi connectivity index (χ0n) is 14.6. The highest BCUT2D eigenvalue weighted by Gasteiger charge is 2.10. The average Bonchev–Trinajstić information content (AvgIpc) is 2.69. The molecule has 0 aliphatic rings. The molecule has 0 saturated carbocycles. The first-order valence-corrected chi connectivity index (χ1v) is 8.53.